The molecular formula is C11H21N. The van der Waals surface area contributed by atoms with Crippen molar-refractivity contribution in [3.63, 3.8) is 0 Å². The quantitative estimate of drug-likeness (QED) is 0.640. The fraction of sp³-hybridized carbons (Fsp3) is 1.00. The molecule has 3 atom stereocenters. The maximum atomic E-state index is 5.94. The van der Waals surface area contributed by atoms with Crippen molar-refractivity contribution in [1.82, 2.24) is 0 Å². The Labute approximate surface area is 75.7 Å². The Morgan fingerprint density at radius 1 is 1.33 bits per heavy atom. The molecule has 0 spiro atoms. The van der Waals surface area contributed by atoms with Gasteiger partial charge in [-0.25, -0.2) is 0 Å². The van der Waals surface area contributed by atoms with Crippen molar-refractivity contribution in [2.75, 3.05) is 0 Å². The van der Waals surface area contributed by atoms with Gasteiger partial charge >= 0.3 is 0 Å². The van der Waals surface area contributed by atoms with E-state index in [-0.39, 0.29) is 0 Å². The zero-order valence-corrected chi connectivity index (χ0v) is 8.18. The van der Waals surface area contributed by atoms with Crippen molar-refractivity contribution in [3.8, 4) is 0 Å². The van der Waals surface area contributed by atoms with Crippen LogP contribution in [0.5, 0.6) is 0 Å². The van der Waals surface area contributed by atoms with Crippen LogP contribution in [-0.4, -0.2) is 6.04 Å². The largest absolute Gasteiger partial charge is 0.328 e. The highest BCUT2D eigenvalue weighted by Gasteiger charge is 2.58. The number of hydrogen-bond acceptors (Lipinski definition) is 1. The standard InChI is InChI=1S/C11H21N/c1-2-3-4-5-11-7-9(11)6-10(12)8-11/h9-10H,2-8,12H2,1H3. The number of hydrogen-bond donors (Lipinski definition) is 1. The molecule has 2 N–H and O–H groups in total. The second kappa shape index (κ2) is 3.02. The molecular weight excluding hydrogens is 146 g/mol. The lowest BCUT2D eigenvalue weighted by Crippen LogP contribution is -2.18. The summed E-state index contributed by atoms with van der Waals surface area (Å²) in [4.78, 5) is 0. The van der Waals surface area contributed by atoms with Crippen LogP contribution in [0, 0.1) is 11.3 Å². The molecule has 0 aromatic carbocycles. The SMILES string of the molecule is CCCCCC12CC(N)CC1C2. The first kappa shape index (κ1) is 8.55. The Bertz CT molecular complexity index is 166. The highest BCUT2D eigenvalue weighted by atomic mass is 14.8. The van der Waals surface area contributed by atoms with E-state index in [1.807, 2.05) is 0 Å². The van der Waals surface area contributed by atoms with Gasteiger partial charge < -0.3 is 5.73 Å². The molecule has 0 amide bonds. The molecule has 1 nitrogen and oxygen atoms in total. The van der Waals surface area contributed by atoms with E-state index in [4.69, 9.17) is 5.73 Å². The van der Waals surface area contributed by atoms with Gasteiger partial charge in [0.2, 0.25) is 0 Å². The molecule has 2 saturated carbocycles. The Balaban J connectivity index is 1.74. The molecule has 0 bridgehead atoms. The van der Waals surface area contributed by atoms with E-state index in [1.54, 1.807) is 0 Å². The second-order valence-corrected chi connectivity index (χ2v) is 4.92. The maximum Gasteiger partial charge on any atom is 0.00470 e. The zero-order valence-electron chi connectivity index (χ0n) is 8.18. The van der Waals surface area contributed by atoms with E-state index in [9.17, 15) is 0 Å². The minimum atomic E-state index is 0.547. The van der Waals surface area contributed by atoms with E-state index >= 15 is 0 Å². The molecule has 3 unspecified atom stereocenters. The van der Waals surface area contributed by atoms with E-state index in [1.165, 1.54) is 44.9 Å². The minimum absolute atomic E-state index is 0.547. The Kier molecular flexibility index (Phi) is 2.16. The Morgan fingerprint density at radius 3 is 2.75 bits per heavy atom. The smallest absolute Gasteiger partial charge is 0.00470 e. The molecule has 1 heteroatoms. The topological polar surface area (TPSA) is 26.0 Å². The summed E-state index contributed by atoms with van der Waals surface area (Å²) in [5, 5.41) is 0. The monoisotopic (exact) mass is 167 g/mol. The average Bonchev–Trinajstić information content (AvgIpc) is 2.55. The van der Waals surface area contributed by atoms with Crippen LogP contribution in [0.1, 0.15) is 51.9 Å². The van der Waals surface area contributed by atoms with Gasteiger partial charge in [-0.05, 0) is 37.0 Å². The van der Waals surface area contributed by atoms with Crippen LogP contribution in [0.25, 0.3) is 0 Å². The van der Waals surface area contributed by atoms with Crippen LogP contribution >= 0.6 is 0 Å². The van der Waals surface area contributed by atoms with Crippen LogP contribution in [-0.2, 0) is 0 Å². The lowest BCUT2D eigenvalue weighted by Gasteiger charge is -2.12. The number of unbranched alkanes of at least 4 members (excludes halogenated alkanes) is 2. The molecule has 2 aliphatic carbocycles. The van der Waals surface area contributed by atoms with Crippen molar-refractivity contribution < 1.29 is 0 Å². The van der Waals surface area contributed by atoms with Crippen LogP contribution in [0.2, 0.25) is 0 Å². The van der Waals surface area contributed by atoms with Gasteiger partial charge in [0, 0.05) is 6.04 Å². The van der Waals surface area contributed by atoms with Crippen LogP contribution in [0.3, 0.4) is 0 Å². The van der Waals surface area contributed by atoms with Crippen molar-refractivity contribution in [2.45, 2.75) is 57.9 Å². The lowest BCUT2D eigenvalue weighted by molar-refractivity contribution is 0.409. The van der Waals surface area contributed by atoms with Gasteiger partial charge in [-0.2, -0.15) is 0 Å². The third-order valence-corrected chi connectivity index (χ3v) is 3.89. The Morgan fingerprint density at radius 2 is 2.17 bits per heavy atom. The molecule has 12 heavy (non-hydrogen) atoms. The maximum absolute atomic E-state index is 5.94. The van der Waals surface area contributed by atoms with Crippen LogP contribution < -0.4 is 5.73 Å². The van der Waals surface area contributed by atoms with Gasteiger partial charge in [-0.15, -0.1) is 0 Å². The van der Waals surface area contributed by atoms with E-state index < -0.39 is 0 Å². The summed E-state index contributed by atoms with van der Waals surface area (Å²) in [6, 6.07) is 0.547. The molecule has 0 saturated heterocycles. The summed E-state index contributed by atoms with van der Waals surface area (Å²) in [6.45, 7) is 2.28. The fourth-order valence-corrected chi connectivity index (χ4v) is 3.12. The summed E-state index contributed by atoms with van der Waals surface area (Å²) in [6.07, 6.45) is 9.85. The zero-order chi connectivity index (χ0) is 8.60. The predicted octanol–water partition coefficient (Wildman–Crippen LogP) is 2.69. The molecule has 0 radical (unpaired) electrons. The second-order valence-electron chi connectivity index (χ2n) is 4.92. The molecule has 0 aromatic rings. The third-order valence-electron chi connectivity index (χ3n) is 3.89. The summed E-state index contributed by atoms with van der Waals surface area (Å²) < 4.78 is 0. The fourth-order valence-electron chi connectivity index (χ4n) is 3.12. The first-order valence-corrected chi connectivity index (χ1v) is 5.52. The number of fused-ring (bicyclic) bond motifs is 1. The molecule has 0 heterocycles. The lowest BCUT2D eigenvalue weighted by atomic mass is 9.95. The normalized spacial score (nSPS) is 44.5. The summed E-state index contributed by atoms with van der Waals surface area (Å²) in [5.41, 5.74) is 6.70. The van der Waals surface area contributed by atoms with Crippen molar-refractivity contribution >= 4 is 0 Å². The highest BCUT2D eigenvalue weighted by Crippen LogP contribution is 2.65. The Hall–Kier alpha value is -0.0400. The summed E-state index contributed by atoms with van der Waals surface area (Å²) in [7, 11) is 0. The van der Waals surface area contributed by atoms with Gasteiger partial charge in [-0.3, -0.25) is 0 Å². The summed E-state index contributed by atoms with van der Waals surface area (Å²) >= 11 is 0. The third kappa shape index (κ3) is 1.39. The van der Waals surface area contributed by atoms with E-state index in [2.05, 4.69) is 6.92 Å². The number of nitrogens with two attached hydrogens (primary N) is 1. The van der Waals surface area contributed by atoms with Crippen LogP contribution in [0.15, 0.2) is 0 Å². The van der Waals surface area contributed by atoms with E-state index in [0.717, 1.165) is 11.3 Å². The van der Waals surface area contributed by atoms with Gasteiger partial charge in [0.15, 0.2) is 0 Å². The summed E-state index contributed by atoms with van der Waals surface area (Å²) in [5.74, 6) is 1.03. The highest BCUT2D eigenvalue weighted by molar-refractivity contribution is 5.09. The minimum Gasteiger partial charge on any atom is -0.328 e. The predicted molar refractivity (Wildman–Crippen MR) is 51.9 cm³/mol. The number of rotatable bonds is 4. The van der Waals surface area contributed by atoms with Crippen molar-refractivity contribution in [1.29, 1.82) is 0 Å². The van der Waals surface area contributed by atoms with Gasteiger partial charge in [-0.1, -0.05) is 26.2 Å². The van der Waals surface area contributed by atoms with Crippen molar-refractivity contribution in [3.05, 3.63) is 0 Å². The molecule has 2 fully saturated rings. The molecule has 0 aromatic heterocycles. The van der Waals surface area contributed by atoms with Gasteiger partial charge in [0.25, 0.3) is 0 Å². The first-order chi connectivity index (χ1) is 5.77. The van der Waals surface area contributed by atoms with Crippen molar-refractivity contribution in [2.24, 2.45) is 17.1 Å². The van der Waals surface area contributed by atoms with E-state index in [0.29, 0.717) is 6.04 Å². The first-order valence-electron chi connectivity index (χ1n) is 5.52. The van der Waals surface area contributed by atoms with Crippen LogP contribution in [0.4, 0.5) is 0 Å². The molecule has 70 valence electrons. The molecule has 2 aliphatic rings. The van der Waals surface area contributed by atoms with Gasteiger partial charge in [0.1, 0.15) is 0 Å². The molecule has 0 aliphatic heterocycles. The average molecular weight is 167 g/mol. The van der Waals surface area contributed by atoms with Gasteiger partial charge in [0.05, 0.1) is 0 Å². The molecule has 2 rings (SSSR count).